The molecule has 5 rings (SSSR count). The summed E-state index contributed by atoms with van der Waals surface area (Å²) in [6.45, 7) is 0. The van der Waals surface area contributed by atoms with Gasteiger partial charge < -0.3 is 15.6 Å². The zero-order valence-corrected chi connectivity index (χ0v) is 17.1. The van der Waals surface area contributed by atoms with Gasteiger partial charge in [0.15, 0.2) is 0 Å². The van der Waals surface area contributed by atoms with Gasteiger partial charge in [-0.1, -0.05) is 29.3 Å². The molecule has 1 saturated carbocycles. The van der Waals surface area contributed by atoms with Gasteiger partial charge in [0.25, 0.3) is 5.91 Å². The summed E-state index contributed by atoms with van der Waals surface area (Å²) in [5.74, 6) is 1.20. The van der Waals surface area contributed by atoms with E-state index >= 15 is 0 Å². The zero-order chi connectivity index (χ0) is 20.7. The summed E-state index contributed by atoms with van der Waals surface area (Å²) < 4.78 is 0. The van der Waals surface area contributed by atoms with E-state index in [1.165, 1.54) is 18.4 Å². The number of imidazole rings is 1. The van der Waals surface area contributed by atoms with E-state index in [4.69, 9.17) is 23.2 Å². The number of para-hydroxylation sites is 1. The van der Waals surface area contributed by atoms with E-state index in [-0.39, 0.29) is 11.6 Å². The number of benzene rings is 1. The molecule has 0 spiro atoms. The van der Waals surface area contributed by atoms with Gasteiger partial charge >= 0.3 is 0 Å². The summed E-state index contributed by atoms with van der Waals surface area (Å²) in [6, 6.07) is 10.7. The lowest BCUT2D eigenvalue weighted by atomic mass is 10.2. The summed E-state index contributed by atoms with van der Waals surface area (Å²) in [6.07, 6.45) is 5.64. The predicted molar refractivity (Wildman–Crippen MR) is 118 cm³/mol. The van der Waals surface area contributed by atoms with Gasteiger partial charge in [-0.25, -0.2) is 15.0 Å². The van der Waals surface area contributed by atoms with Crippen LogP contribution in [-0.4, -0.2) is 25.8 Å². The number of H-pyrrole nitrogens is 1. The minimum Gasteiger partial charge on any atom is -0.323 e. The van der Waals surface area contributed by atoms with Crippen molar-refractivity contribution < 1.29 is 4.79 Å². The van der Waals surface area contributed by atoms with E-state index in [0.29, 0.717) is 44.5 Å². The van der Waals surface area contributed by atoms with Crippen molar-refractivity contribution in [2.45, 2.75) is 18.8 Å². The third kappa shape index (κ3) is 3.81. The smallest absolute Gasteiger partial charge is 0.275 e. The van der Waals surface area contributed by atoms with Crippen LogP contribution in [0.3, 0.4) is 0 Å². The van der Waals surface area contributed by atoms with Gasteiger partial charge in [-0.3, -0.25) is 4.79 Å². The summed E-state index contributed by atoms with van der Waals surface area (Å²) in [4.78, 5) is 28.7. The van der Waals surface area contributed by atoms with Crippen molar-refractivity contribution in [2.24, 2.45) is 0 Å². The summed E-state index contributed by atoms with van der Waals surface area (Å²) in [5, 5.41) is 6.83. The van der Waals surface area contributed by atoms with Gasteiger partial charge in [0.05, 0.1) is 33.0 Å². The van der Waals surface area contributed by atoms with E-state index in [0.717, 1.165) is 0 Å². The van der Waals surface area contributed by atoms with Crippen LogP contribution in [-0.2, 0) is 0 Å². The number of amides is 1. The van der Waals surface area contributed by atoms with Crippen LogP contribution in [0.5, 0.6) is 0 Å². The van der Waals surface area contributed by atoms with Crippen molar-refractivity contribution in [1.82, 2.24) is 19.9 Å². The number of anilines is 3. The Labute approximate surface area is 181 Å². The lowest BCUT2D eigenvalue weighted by Crippen LogP contribution is -2.14. The van der Waals surface area contributed by atoms with Gasteiger partial charge in [-0.15, -0.1) is 0 Å². The van der Waals surface area contributed by atoms with Crippen LogP contribution in [0.2, 0.25) is 10.0 Å². The third-order valence-electron chi connectivity index (χ3n) is 4.88. The first-order valence-corrected chi connectivity index (χ1v) is 10.2. The van der Waals surface area contributed by atoms with Crippen molar-refractivity contribution in [2.75, 3.05) is 10.6 Å². The second-order valence-corrected chi connectivity index (χ2v) is 7.91. The van der Waals surface area contributed by atoms with Crippen molar-refractivity contribution in [3.8, 4) is 0 Å². The maximum Gasteiger partial charge on any atom is 0.275 e. The average molecular weight is 439 g/mol. The van der Waals surface area contributed by atoms with E-state index < -0.39 is 0 Å². The molecule has 9 heteroatoms. The number of carbonyl (C=O) groups is 1. The number of nitrogens with zero attached hydrogens (tertiary/aromatic N) is 3. The molecule has 150 valence electrons. The molecule has 0 bridgehead atoms. The normalized spacial score (nSPS) is 13.4. The Morgan fingerprint density at radius 3 is 2.67 bits per heavy atom. The van der Waals surface area contributed by atoms with Gasteiger partial charge in [-0.2, -0.15) is 0 Å². The summed E-state index contributed by atoms with van der Waals surface area (Å²) in [5.41, 5.74) is 3.25. The maximum absolute atomic E-state index is 12.6. The van der Waals surface area contributed by atoms with E-state index in [1.807, 2.05) is 12.1 Å². The number of carbonyl (C=O) groups excluding carboxylic acids is 1. The fourth-order valence-electron chi connectivity index (χ4n) is 3.19. The fourth-order valence-corrected chi connectivity index (χ4v) is 3.69. The number of fused-ring (bicyclic) bond motifs is 1. The molecule has 0 atom stereocenters. The molecule has 3 aromatic heterocycles. The highest BCUT2D eigenvalue weighted by Crippen LogP contribution is 2.40. The molecule has 4 aromatic rings. The Bertz CT molecular complexity index is 1250. The summed E-state index contributed by atoms with van der Waals surface area (Å²) in [7, 11) is 0. The number of hydrogen-bond donors (Lipinski definition) is 3. The van der Waals surface area contributed by atoms with Crippen LogP contribution in [0, 0.1) is 0 Å². The monoisotopic (exact) mass is 438 g/mol. The van der Waals surface area contributed by atoms with E-state index in [1.54, 1.807) is 36.7 Å². The Morgan fingerprint density at radius 2 is 1.90 bits per heavy atom. The fraction of sp³-hybridized carbons (Fsp3) is 0.143. The molecular weight excluding hydrogens is 423 g/mol. The highest BCUT2D eigenvalue weighted by Gasteiger charge is 2.24. The number of aromatic amines is 1. The molecule has 3 heterocycles. The van der Waals surface area contributed by atoms with Crippen molar-refractivity contribution >= 4 is 57.6 Å². The SMILES string of the molecule is O=C(Nc1cc(C2CC2)ccn1)c1cc2nc(Nc3c(Cl)cccc3Cl)[nH]c2cn1. The number of rotatable bonds is 5. The first-order valence-electron chi connectivity index (χ1n) is 9.41. The molecule has 0 aliphatic heterocycles. The molecule has 1 aliphatic carbocycles. The van der Waals surface area contributed by atoms with Crippen LogP contribution in [0.1, 0.15) is 34.8 Å². The lowest BCUT2D eigenvalue weighted by molar-refractivity contribution is 0.102. The zero-order valence-electron chi connectivity index (χ0n) is 15.6. The average Bonchev–Trinajstić information content (AvgIpc) is 3.50. The van der Waals surface area contributed by atoms with Crippen molar-refractivity contribution in [1.29, 1.82) is 0 Å². The van der Waals surface area contributed by atoms with Crippen LogP contribution in [0.15, 0.2) is 48.8 Å². The quantitative estimate of drug-likeness (QED) is 0.380. The Kier molecular flexibility index (Phi) is 4.77. The topological polar surface area (TPSA) is 95.6 Å². The van der Waals surface area contributed by atoms with Crippen LogP contribution < -0.4 is 10.6 Å². The van der Waals surface area contributed by atoms with E-state index in [2.05, 4.69) is 30.6 Å². The lowest BCUT2D eigenvalue weighted by Gasteiger charge is -2.06. The largest absolute Gasteiger partial charge is 0.323 e. The van der Waals surface area contributed by atoms with Crippen molar-refractivity contribution in [3.05, 3.63) is 70.1 Å². The number of aromatic nitrogens is 4. The van der Waals surface area contributed by atoms with Crippen LogP contribution in [0.4, 0.5) is 17.5 Å². The number of halogens is 2. The number of hydrogen-bond acceptors (Lipinski definition) is 5. The molecule has 0 radical (unpaired) electrons. The molecule has 0 saturated heterocycles. The van der Waals surface area contributed by atoms with Crippen LogP contribution in [0.25, 0.3) is 11.0 Å². The highest BCUT2D eigenvalue weighted by atomic mass is 35.5. The Balaban J connectivity index is 1.37. The number of nitrogens with one attached hydrogen (secondary N) is 3. The molecule has 7 nitrogen and oxygen atoms in total. The molecule has 1 aromatic carbocycles. The van der Waals surface area contributed by atoms with Gasteiger partial charge in [-0.05, 0) is 54.7 Å². The Morgan fingerprint density at radius 1 is 1.10 bits per heavy atom. The first kappa shape index (κ1) is 18.8. The first-order chi connectivity index (χ1) is 14.6. The molecule has 1 amide bonds. The summed E-state index contributed by atoms with van der Waals surface area (Å²) >= 11 is 12.4. The van der Waals surface area contributed by atoms with Crippen LogP contribution >= 0.6 is 23.2 Å². The molecule has 0 unspecified atom stereocenters. The van der Waals surface area contributed by atoms with Gasteiger partial charge in [0.2, 0.25) is 5.95 Å². The maximum atomic E-state index is 12.6. The second kappa shape index (κ2) is 7.59. The molecule has 1 aliphatic rings. The minimum atomic E-state index is -0.344. The second-order valence-electron chi connectivity index (χ2n) is 7.10. The van der Waals surface area contributed by atoms with Gasteiger partial charge in [0.1, 0.15) is 11.5 Å². The predicted octanol–water partition coefficient (Wildman–Crippen LogP) is 5.53. The minimum absolute atomic E-state index is 0.245. The molecule has 3 N–H and O–H groups in total. The molecule has 1 fully saturated rings. The third-order valence-corrected chi connectivity index (χ3v) is 5.51. The highest BCUT2D eigenvalue weighted by molar-refractivity contribution is 6.39. The van der Waals surface area contributed by atoms with Gasteiger partial charge in [0, 0.05) is 6.20 Å². The molecular formula is C21H16Cl2N6O. The number of pyridine rings is 2. The standard InChI is InChI=1S/C21H16Cl2N6O/c22-13-2-1-3-14(23)19(13)29-21-26-15-9-16(25-10-17(15)27-21)20(30)28-18-8-12(6-7-24-18)11-4-5-11/h1-3,6-11H,4-5H2,(H,24,28,30)(H2,26,27,29). The van der Waals surface area contributed by atoms with Crippen molar-refractivity contribution in [3.63, 3.8) is 0 Å². The molecule has 30 heavy (non-hydrogen) atoms. The Hall–Kier alpha value is -3.16. The van der Waals surface area contributed by atoms with E-state index in [9.17, 15) is 4.79 Å².